The molecule has 314 valence electrons. The zero-order valence-corrected chi connectivity index (χ0v) is 35.5. The van der Waals surface area contributed by atoms with Crippen LogP contribution in [-0.4, -0.2) is 90.9 Å². The second-order valence-corrected chi connectivity index (χ2v) is 17.2. The highest BCUT2D eigenvalue weighted by atomic mass is 16.8. The van der Waals surface area contributed by atoms with Crippen LogP contribution in [-0.2, 0) is 39.8 Å². The van der Waals surface area contributed by atoms with Crippen LogP contribution in [0.15, 0.2) is 54.6 Å². The molecule has 3 aliphatic heterocycles. The largest absolute Gasteiger partial charge is 0.497 e. The van der Waals surface area contributed by atoms with Gasteiger partial charge in [0.15, 0.2) is 11.6 Å². The first-order valence-electron chi connectivity index (χ1n) is 19.6. The minimum Gasteiger partial charge on any atom is -0.497 e. The number of amides is 1. The van der Waals surface area contributed by atoms with Gasteiger partial charge in [-0.25, -0.2) is 9.59 Å². The Hall–Kier alpha value is -3.98. The predicted molar refractivity (Wildman–Crippen MR) is 214 cm³/mol. The monoisotopic (exact) mass is 795 g/mol. The van der Waals surface area contributed by atoms with E-state index < -0.39 is 65.5 Å². The molecule has 57 heavy (non-hydrogen) atoms. The maximum Gasteiger partial charge on any atom is 0.414 e. The zero-order valence-electron chi connectivity index (χ0n) is 35.5. The van der Waals surface area contributed by atoms with Gasteiger partial charge in [-0.3, -0.25) is 4.90 Å². The van der Waals surface area contributed by atoms with Gasteiger partial charge in [-0.05, 0) is 97.1 Å². The van der Waals surface area contributed by atoms with Crippen LogP contribution in [0.1, 0.15) is 104 Å². The normalized spacial score (nSPS) is 24.1. The van der Waals surface area contributed by atoms with E-state index in [1.165, 1.54) is 4.90 Å². The topological polar surface area (TPSA) is 141 Å². The van der Waals surface area contributed by atoms with Crippen molar-refractivity contribution < 1.29 is 57.3 Å². The third-order valence-electron chi connectivity index (χ3n) is 9.57. The molecule has 2 saturated heterocycles. The fraction of sp³-hybridized carbons (Fsp3) is 0.591. The lowest BCUT2D eigenvalue weighted by Gasteiger charge is -2.34. The summed E-state index contributed by atoms with van der Waals surface area (Å²) >= 11 is 0. The van der Waals surface area contributed by atoms with Gasteiger partial charge in [0.2, 0.25) is 5.79 Å². The SMILES string of the molecule is COc1ccc(CO[C@H](C=C[C@@H](C)[C@H](C)O)[C@H]2OC(C)(C)O[C@H]2CC=Cc2cc(N(CC3COC(C)(C)O3)C(=O)OC(C)(C)C)cc3c2C(=O)OC(C)(C)O3)cc1. The molecule has 13 nitrogen and oxygen atoms in total. The van der Waals surface area contributed by atoms with Crippen LogP contribution < -0.4 is 14.4 Å². The first-order chi connectivity index (χ1) is 26.5. The highest BCUT2D eigenvalue weighted by molar-refractivity contribution is 6.00. The Morgan fingerprint density at radius 2 is 1.67 bits per heavy atom. The minimum atomic E-state index is -1.25. The number of aliphatic hydroxyl groups excluding tert-OH is 1. The molecule has 3 aliphatic rings. The van der Waals surface area contributed by atoms with Crippen molar-refractivity contribution >= 4 is 23.8 Å². The number of hydrogen-bond acceptors (Lipinski definition) is 12. The average Bonchev–Trinajstić information content (AvgIpc) is 3.61. The molecule has 2 fully saturated rings. The molecule has 0 spiro atoms. The van der Waals surface area contributed by atoms with E-state index in [4.69, 9.17) is 42.6 Å². The summed E-state index contributed by atoms with van der Waals surface area (Å²) in [6.45, 7) is 20.4. The molecule has 0 bridgehead atoms. The Bertz CT molecular complexity index is 1770. The van der Waals surface area contributed by atoms with Crippen molar-refractivity contribution in [3.8, 4) is 11.5 Å². The molecule has 2 aromatic carbocycles. The molecule has 0 aliphatic carbocycles. The smallest absolute Gasteiger partial charge is 0.414 e. The summed E-state index contributed by atoms with van der Waals surface area (Å²) in [6.07, 6.45) is 4.78. The third kappa shape index (κ3) is 12.0. The molecule has 2 aromatic rings. The van der Waals surface area contributed by atoms with Gasteiger partial charge in [0.25, 0.3) is 0 Å². The lowest BCUT2D eigenvalue weighted by atomic mass is 9.99. The molecule has 1 unspecified atom stereocenters. The number of carbonyl (C=O) groups is 2. The summed E-state index contributed by atoms with van der Waals surface area (Å²) in [5.74, 6) is -2.67. The average molecular weight is 796 g/mol. The van der Waals surface area contributed by atoms with E-state index in [1.54, 1.807) is 66.9 Å². The Morgan fingerprint density at radius 1 is 0.965 bits per heavy atom. The van der Waals surface area contributed by atoms with Crippen molar-refractivity contribution in [3.63, 3.8) is 0 Å². The molecule has 13 heteroatoms. The summed E-state index contributed by atoms with van der Waals surface area (Å²) in [7, 11) is 1.62. The minimum absolute atomic E-state index is 0.122. The molecule has 1 N–H and O–H groups in total. The lowest BCUT2D eigenvalue weighted by molar-refractivity contribution is -0.156. The van der Waals surface area contributed by atoms with Crippen LogP contribution in [0.2, 0.25) is 0 Å². The van der Waals surface area contributed by atoms with Crippen LogP contribution in [0.25, 0.3) is 6.08 Å². The second-order valence-electron chi connectivity index (χ2n) is 17.2. The molecule has 0 saturated carbocycles. The molecule has 3 heterocycles. The number of carbonyl (C=O) groups excluding carboxylic acids is 2. The quantitative estimate of drug-likeness (QED) is 0.147. The maximum absolute atomic E-state index is 13.8. The van der Waals surface area contributed by atoms with Crippen molar-refractivity contribution in [1.82, 2.24) is 0 Å². The summed E-state index contributed by atoms with van der Waals surface area (Å²) < 4.78 is 54.3. The highest BCUT2D eigenvalue weighted by Gasteiger charge is 2.45. The number of rotatable bonds is 14. The third-order valence-corrected chi connectivity index (χ3v) is 9.57. The Morgan fingerprint density at radius 3 is 2.28 bits per heavy atom. The van der Waals surface area contributed by atoms with Crippen molar-refractivity contribution in [2.24, 2.45) is 5.92 Å². The Kier molecular flexibility index (Phi) is 13.5. The van der Waals surface area contributed by atoms with Gasteiger partial charge in [0.05, 0.1) is 44.8 Å². The van der Waals surface area contributed by atoms with E-state index in [9.17, 15) is 14.7 Å². The lowest BCUT2D eigenvalue weighted by Crippen LogP contribution is -2.43. The van der Waals surface area contributed by atoms with Gasteiger partial charge in [0, 0.05) is 19.9 Å². The van der Waals surface area contributed by atoms with Crippen molar-refractivity contribution in [1.29, 1.82) is 0 Å². The highest BCUT2D eigenvalue weighted by Crippen LogP contribution is 2.40. The molecule has 6 atom stereocenters. The van der Waals surface area contributed by atoms with E-state index in [0.29, 0.717) is 24.3 Å². The van der Waals surface area contributed by atoms with Gasteiger partial charge < -0.3 is 47.7 Å². The number of anilines is 1. The fourth-order valence-corrected chi connectivity index (χ4v) is 6.70. The Labute approximate surface area is 337 Å². The second kappa shape index (κ2) is 17.5. The van der Waals surface area contributed by atoms with Gasteiger partial charge in [-0.1, -0.05) is 43.4 Å². The van der Waals surface area contributed by atoms with Crippen molar-refractivity contribution in [2.75, 3.05) is 25.2 Å². The van der Waals surface area contributed by atoms with Crippen LogP contribution in [0.5, 0.6) is 11.5 Å². The number of aliphatic hydroxyl groups is 1. The number of esters is 1. The van der Waals surface area contributed by atoms with E-state index >= 15 is 0 Å². The van der Waals surface area contributed by atoms with Crippen LogP contribution in [0, 0.1) is 5.92 Å². The van der Waals surface area contributed by atoms with Crippen molar-refractivity contribution in [2.45, 2.75) is 143 Å². The molecule has 0 aromatic heterocycles. The number of hydrogen-bond donors (Lipinski definition) is 1. The van der Waals surface area contributed by atoms with Crippen molar-refractivity contribution in [3.05, 3.63) is 71.3 Å². The number of methoxy groups -OCH3 is 1. The molecule has 5 rings (SSSR count). The van der Waals surface area contributed by atoms with E-state index in [1.807, 2.05) is 77.1 Å². The number of cyclic esters (lactones) is 1. The van der Waals surface area contributed by atoms with Gasteiger partial charge in [-0.15, -0.1) is 0 Å². The number of ether oxygens (including phenoxy) is 9. The number of fused-ring (bicyclic) bond motifs is 1. The number of nitrogens with zero attached hydrogens (tertiary/aromatic N) is 1. The van der Waals surface area contributed by atoms with E-state index in [2.05, 4.69) is 0 Å². The van der Waals surface area contributed by atoms with Crippen LogP contribution in [0.3, 0.4) is 0 Å². The van der Waals surface area contributed by atoms with Gasteiger partial charge in [0.1, 0.15) is 41.0 Å². The number of benzene rings is 2. The zero-order chi connectivity index (χ0) is 41.9. The predicted octanol–water partition coefficient (Wildman–Crippen LogP) is 7.96. The summed E-state index contributed by atoms with van der Waals surface area (Å²) in [4.78, 5) is 28.9. The standard InChI is InChI=1S/C44H61NO12/c1-27(28(2)46)16-21-34(50-25-29-17-19-32(49-12)20-18-29)38-35(53-43(8,9)55-38)15-13-14-30-22-31(23-36-37(30)39(47)56-44(10,11)54-36)45(40(48)57-41(3,4)5)24-33-26-51-42(6,7)52-33/h13-14,16-23,27-28,33-35,38,46H,15,24-26H2,1-12H3/t27-,28+,33?,34-,35+,38-/m1/s1. The molecular formula is C44H61NO12. The first kappa shape index (κ1) is 44.1. The molecular weight excluding hydrogens is 734 g/mol. The first-order valence-corrected chi connectivity index (χ1v) is 19.6. The van der Waals surface area contributed by atoms with E-state index in [-0.39, 0.29) is 30.4 Å². The van der Waals surface area contributed by atoms with E-state index in [0.717, 1.165) is 11.3 Å². The molecule has 1 amide bonds. The van der Waals surface area contributed by atoms with Crippen LogP contribution in [0.4, 0.5) is 10.5 Å². The summed E-state index contributed by atoms with van der Waals surface area (Å²) in [6, 6.07) is 11.0. The Balaban J connectivity index is 1.47. The van der Waals surface area contributed by atoms with Gasteiger partial charge >= 0.3 is 12.1 Å². The maximum atomic E-state index is 13.8. The summed E-state index contributed by atoms with van der Waals surface area (Å²) in [5, 5.41) is 10.2. The van der Waals surface area contributed by atoms with Gasteiger partial charge in [-0.2, -0.15) is 0 Å². The fourth-order valence-electron chi connectivity index (χ4n) is 6.70. The summed E-state index contributed by atoms with van der Waals surface area (Å²) in [5.41, 5.74) is 1.29. The van der Waals surface area contributed by atoms with Crippen LogP contribution >= 0.6 is 0 Å². The molecule has 0 radical (unpaired) electrons.